The zero-order chi connectivity index (χ0) is 27.4. The van der Waals surface area contributed by atoms with E-state index in [1.807, 2.05) is 62.4 Å². The number of rotatable bonds is 19. The van der Waals surface area contributed by atoms with Crippen molar-refractivity contribution in [3.63, 3.8) is 0 Å². The largest absolute Gasteiger partial charge is 0.299 e. The molecule has 2 aromatic rings. The second kappa shape index (κ2) is 20.1. The van der Waals surface area contributed by atoms with E-state index in [1.54, 1.807) is 0 Å². The highest BCUT2D eigenvalue weighted by Gasteiger charge is 2.30. The highest BCUT2D eigenvalue weighted by Crippen LogP contribution is 2.31. The molecule has 2 rings (SSSR count). The van der Waals surface area contributed by atoms with Gasteiger partial charge in [-0.2, -0.15) is 11.8 Å². The first kappa shape index (κ1) is 33.2. The normalized spacial score (nSPS) is 13.2. The predicted molar refractivity (Wildman–Crippen MR) is 163 cm³/mol. The number of carbonyl (C=O) groups excluding carboxylic acids is 2. The summed E-state index contributed by atoms with van der Waals surface area (Å²) in [6.45, 7) is 10.4. The molecule has 0 fully saturated rings. The molecule has 0 aromatic heterocycles. The van der Waals surface area contributed by atoms with Crippen molar-refractivity contribution in [2.24, 2.45) is 11.3 Å². The smallest absolute Gasteiger partial charge is 0.143 e. The lowest BCUT2D eigenvalue weighted by molar-refractivity contribution is -0.128. The third-order valence-corrected chi connectivity index (χ3v) is 8.53. The molecule has 0 aliphatic heterocycles. The predicted octanol–water partition coefficient (Wildman–Crippen LogP) is 9.54. The summed E-state index contributed by atoms with van der Waals surface area (Å²) in [6.07, 6.45) is 11.2. The van der Waals surface area contributed by atoms with Crippen LogP contribution in [-0.4, -0.2) is 23.1 Å². The van der Waals surface area contributed by atoms with Crippen molar-refractivity contribution in [3.8, 4) is 0 Å². The van der Waals surface area contributed by atoms with Crippen LogP contribution >= 0.6 is 11.8 Å². The molecule has 0 spiro atoms. The van der Waals surface area contributed by atoms with E-state index in [0.717, 1.165) is 43.2 Å². The van der Waals surface area contributed by atoms with Gasteiger partial charge in [0.1, 0.15) is 11.6 Å². The van der Waals surface area contributed by atoms with E-state index in [-0.39, 0.29) is 11.3 Å². The van der Waals surface area contributed by atoms with Crippen molar-refractivity contribution < 1.29 is 9.59 Å². The summed E-state index contributed by atoms with van der Waals surface area (Å²) in [6, 6.07) is 20.2. The highest BCUT2D eigenvalue weighted by atomic mass is 32.2. The highest BCUT2D eigenvalue weighted by molar-refractivity contribution is 7.99. The Morgan fingerprint density at radius 1 is 0.757 bits per heavy atom. The fraction of sp³-hybridized carbons (Fsp3) is 0.588. The van der Waals surface area contributed by atoms with Crippen LogP contribution < -0.4 is 0 Å². The standard InChI is InChI=1S/C32H46O2S.C2H6/c1-4-32(3,31(34)26-29-20-12-6-13-21-29)22-14-8-16-24-35-23-15-7-9-17-27(2)30(33)25-28-18-10-5-11-19-28;1-2/h5-6,10-13,18-21,27H,4,7-9,14-17,22-26H2,1-3H3;1-2H3. The van der Waals surface area contributed by atoms with E-state index in [0.29, 0.717) is 24.4 Å². The SMILES string of the molecule is CC.CCC(C)(CCCCCSCCCCCC(C)C(=O)Cc1ccccc1)C(=O)Cc1ccccc1. The van der Waals surface area contributed by atoms with Crippen LogP contribution in [0.1, 0.15) is 104 Å². The van der Waals surface area contributed by atoms with E-state index in [9.17, 15) is 9.59 Å². The fourth-order valence-corrected chi connectivity index (χ4v) is 5.49. The molecule has 0 saturated carbocycles. The van der Waals surface area contributed by atoms with Gasteiger partial charge in [-0.1, -0.05) is 121 Å². The summed E-state index contributed by atoms with van der Waals surface area (Å²) in [5.41, 5.74) is 2.06. The van der Waals surface area contributed by atoms with E-state index < -0.39 is 0 Å². The van der Waals surface area contributed by atoms with Crippen molar-refractivity contribution in [3.05, 3.63) is 71.8 Å². The molecular formula is C34H52O2S. The maximum Gasteiger partial charge on any atom is 0.143 e. The molecular weight excluding hydrogens is 472 g/mol. The zero-order valence-electron chi connectivity index (χ0n) is 24.3. The van der Waals surface area contributed by atoms with Gasteiger partial charge in [-0.25, -0.2) is 0 Å². The monoisotopic (exact) mass is 524 g/mol. The fourth-order valence-electron chi connectivity index (χ4n) is 4.47. The molecule has 206 valence electrons. The topological polar surface area (TPSA) is 34.1 Å². The maximum atomic E-state index is 12.9. The summed E-state index contributed by atoms with van der Waals surface area (Å²) in [5, 5.41) is 0. The van der Waals surface area contributed by atoms with Gasteiger partial charge in [0.25, 0.3) is 0 Å². The number of Topliss-reactive ketones (excluding diaryl/α,β-unsaturated/α-hetero) is 2. The lowest BCUT2D eigenvalue weighted by atomic mass is 9.76. The minimum absolute atomic E-state index is 0.163. The molecule has 0 saturated heterocycles. The van der Waals surface area contributed by atoms with Crippen LogP contribution in [0.5, 0.6) is 0 Å². The Kier molecular flexibility index (Phi) is 18.0. The van der Waals surface area contributed by atoms with Gasteiger partial charge < -0.3 is 0 Å². The Labute approximate surface area is 232 Å². The molecule has 0 bridgehead atoms. The molecule has 0 heterocycles. The first-order valence-corrected chi connectivity index (χ1v) is 15.8. The molecule has 2 atom stereocenters. The molecule has 0 aliphatic rings. The summed E-state index contributed by atoms with van der Waals surface area (Å²) in [5.74, 6) is 3.35. The summed E-state index contributed by atoms with van der Waals surface area (Å²) in [7, 11) is 0. The second-order valence-corrected chi connectivity index (χ2v) is 11.5. The number of hydrogen-bond donors (Lipinski definition) is 0. The van der Waals surface area contributed by atoms with Crippen molar-refractivity contribution in [1.82, 2.24) is 0 Å². The van der Waals surface area contributed by atoms with Crippen molar-refractivity contribution in [2.45, 2.75) is 105 Å². The average molecular weight is 525 g/mol. The van der Waals surface area contributed by atoms with Gasteiger partial charge in [0, 0.05) is 24.2 Å². The van der Waals surface area contributed by atoms with Gasteiger partial charge in [0.15, 0.2) is 0 Å². The molecule has 37 heavy (non-hydrogen) atoms. The van der Waals surface area contributed by atoms with Gasteiger partial charge in [-0.15, -0.1) is 0 Å². The lowest BCUT2D eigenvalue weighted by Crippen LogP contribution is -2.28. The first-order chi connectivity index (χ1) is 17.9. The molecule has 0 N–H and O–H groups in total. The quantitative estimate of drug-likeness (QED) is 0.172. The Morgan fingerprint density at radius 2 is 1.27 bits per heavy atom. The molecule has 3 heteroatoms. The van der Waals surface area contributed by atoms with Crippen LogP contribution in [0.4, 0.5) is 0 Å². The molecule has 2 nitrogen and oxygen atoms in total. The molecule has 0 radical (unpaired) electrons. The third-order valence-electron chi connectivity index (χ3n) is 7.37. The average Bonchev–Trinajstić information content (AvgIpc) is 2.93. The number of ketones is 2. The third kappa shape index (κ3) is 14.0. The Morgan fingerprint density at radius 3 is 1.81 bits per heavy atom. The van der Waals surface area contributed by atoms with Gasteiger partial charge in [0.05, 0.1) is 0 Å². The summed E-state index contributed by atoms with van der Waals surface area (Å²) >= 11 is 2.06. The number of unbranched alkanes of at least 4 members (excludes halogenated alkanes) is 4. The van der Waals surface area contributed by atoms with Crippen molar-refractivity contribution >= 4 is 23.3 Å². The molecule has 2 aromatic carbocycles. The Bertz CT molecular complexity index is 849. The summed E-state index contributed by atoms with van der Waals surface area (Å²) < 4.78 is 0. The van der Waals surface area contributed by atoms with E-state index in [2.05, 4.69) is 44.7 Å². The van der Waals surface area contributed by atoms with Crippen molar-refractivity contribution in [1.29, 1.82) is 0 Å². The lowest BCUT2D eigenvalue weighted by Gasteiger charge is -2.27. The maximum absolute atomic E-state index is 12.9. The summed E-state index contributed by atoms with van der Waals surface area (Å²) in [4.78, 5) is 25.3. The van der Waals surface area contributed by atoms with Crippen LogP contribution in [0, 0.1) is 11.3 Å². The van der Waals surface area contributed by atoms with Crippen molar-refractivity contribution in [2.75, 3.05) is 11.5 Å². The number of thioether (sulfide) groups is 1. The van der Waals surface area contributed by atoms with Crippen LogP contribution in [0.25, 0.3) is 0 Å². The van der Waals surface area contributed by atoms with Crippen LogP contribution in [-0.2, 0) is 22.4 Å². The molecule has 0 aliphatic carbocycles. The van der Waals surface area contributed by atoms with E-state index >= 15 is 0 Å². The number of hydrogen-bond acceptors (Lipinski definition) is 3. The van der Waals surface area contributed by atoms with E-state index in [1.165, 1.54) is 37.2 Å². The number of carbonyl (C=O) groups is 2. The van der Waals surface area contributed by atoms with Gasteiger partial charge >= 0.3 is 0 Å². The minimum atomic E-state index is -0.192. The van der Waals surface area contributed by atoms with Gasteiger partial charge in [0.2, 0.25) is 0 Å². The van der Waals surface area contributed by atoms with Crippen LogP contribution in [0.3, 0.4) is 0 Å². The first-order valence-electron chi connectivity index (χ1n) is 14.7. The van der Waals surface area contributed by atoms with Crippen LogP contribution in [0.15, 0.2) is 60.7 Å². The number of benzene rings is 2. The molecule has 0 amide bonds. The molecule has 2 unspecified atom stereocenters. The van der Waals surface area contributed by atoms with Gasteiger partial charge in [-0.05, 0) is 54.7 Å². The zero-order valence-corrected chi connectivity index (χ0v) is 25.1. The second-order valence-electron chi connectivity index (χ2n) is 10.3. The Hall–Kier alpha value is -1.87. The Balaban J connectivity index is 0.00000334. The minimum Gasteiger partial charge on any atom is -0.299 e. The van der Waals surface area contributed by atoms with Gasteiger partial charge in [-0.3, -0.25) is 9.59 Å². The van der Waals surface area contributed by atoms with E-state index in [4.69, 9.17) is 0 Å². The van der Waals surface area contributed by atoms with Crippen LogP contribution in [0.2, 0.25) is 0 Å².